The highest BCUT2D eigenvalue weighted by atomic mass is 127. The third kappa shape index (κ3) is 6.46. The van der Waals surface area contributed by atoms with E-state index in [-0.39, 0.29) is 26.1 Å². The molecule has 2 aliphatic rings. The van der Waals surface area contributed by atoms with Gasteiger partial charge in [-0.1, -0.05) is 30.3 Å². The summed E-state index contributed by atoms with van der Waals surface area (Å²) in [5, 5.41) is 37.4. The normalized spacial score (nSPS) is 26.3. The zero-order valence-corrected chi connectivity index (χ0v) is 22.5. The molecule has 0 spiro atoms. The molecule has 39 heavy (non-hydrogen) atoms. The third-order valence-electron chi connectivity index (χ3n) is 6.37. The second-order valence-corrected chi connectivity index (χ2v) is 10.1. The lowest BCUT2D eigenvalue weighted by Crippen LogP contribution is -2.33. The molecule has 1 aromatic carbocycles. The minimum atomic E-state index is -0.853. The summed E-state index contributed by atoms with van der Waals surface area (Å²) in [5.41, 5.74) is -1.12. The lowest BCUT2D eigenvalue weighted by Gasteiger charge is -2.15. The number of nitrogens with one attached hydrogen (secondary N) is 2. The Bertz CT molecular complexity index is 1520. The highest BCUT2D eigenvalue weighted by Gasteiger charge is 2.36. The van der Waals surface area contributed by atoms with Gasteiger partial charge in [-0.25, -0.2) is 9.59 Å². The van der Waals surface area contributed by atoms with Crippen LogP contribution in [0.25, 0.3) is 11.1 Å². The molecule has 0 radical (unpaired) electrons. The van der Waals surface area contributed by atoms with E-state index in [1.807, 2.05) is 6.07 Å². The second kappa shape index (κ2) is 12.5. The van der Waals surface area contributed by atoms with Gasteiger partial charge in [0.05, 0.1) is 34.6 Å². The summed E-state index contributed by atoms with van der Waals surface area (Å²) >= 11 is 1.80. The molecule has 6 atom stereocenters. The standard InChI is InChI=1S/C15H16N2O5.C9H11IN2O5/c18-8-12-11(19)6-13(22-12)17-7-10(14(20)16-15(17)21)9-4-2-1-3-5-9;10-4-2-12(9(16)11-8(4)15)7-1-5(14)6(3-13)17-7/h1-5,7,11-13,18-19H,6,8H2,(H,16,20,21);2,5-7,13-14H,1,3H2,(H,11,15,16)/t11?,12-,13-;5?,6-,7-/m11/s1. The Morgan fingerprint density at radius 2 is 1.28 bits per heavy atom. The maximum Gasteiger partial charge on any atom is 0.330 e. The van der Waals surface area contributed by atoms with Crippen molar-refractivity contribution in [1.82, 2.24) is 19.1 Å². The summed E-state index contributed by atoms with van der Waals surface area (Å²) in [7, 11) is 0. The number of nitrogens with zero attached hydrogens (tertiary/aromatic N) is 2. The smallest absolute Gasteiger partial charge is 0.330 e. The summed E-state index contributed by atoms with van der Waals surface area (Å²) in [5.74, 6) is 0. The molecule has 2 fully saturated rings. The van der Waals surface area contributed by atoms with Gasteiger partial charge in [-0.2, -0.15) is 0 Å². The van der Waals surface area contributed by atoms with Crippen molar-refractivity contribution in [2.24, 2.45) is 0 Å². The fraction of sp³-hybridized carbons (Fsp3) is 0.417. The van der Waals surface area contributed by atoms with Crippen LogP contribution in [0.4, 0.5) is 0 Å². The number of H-pyrrole nitrogens is 2. The van der Waals surface area contributed by atoms with Crippen LogP contribution in [0.1, 0.15) is 25.3 Å². The van der Waals surface area contributed by atoms with Crippen molar-refractivity contribution in [3.8, 4) is 11.1 Å². The van der Waals surface area contributed by atoms with Crippen molar-refractivity contribution in [3.05, 3.63) is 88.0 Å². The number of aromatic nitrogens is 4. The average molecular weight is 658 g/mol. The fourth-order valence-electron chi connectivity index (χ4n) is 4.30. The fourth-order valence-corrected chi connectivity index (χ4v) is 4.73. The number of aliphatic hydroxyl groups excluding tert-OH is 4. The molecular formula is C24H27IN4O10. The van der Waals surface area contributed by atoms with E-state index in [9.17, 15) is 29.4 Å². The first-order valence-electron chi connectivity index (χ1n) is 11.9. The van der Waals surface area contributed by atoms with Crippen LogP contribution in [-0.4, -0.2) is 77.2 Å². The second-order valence-electron chi connectivity index (χ2n) is 8.95. The number of hydrogen-bond donors (Lipinski definition) is 6. The van der Waals surface area contributed by atoms with Crippen LogP contribution >= 0.6 is 22.6 Å². The summed E-state index contributed by atoms with van der Waals surface area (Å²) < 4.78 is 13.6. The lowest BCUT2D eigenvalue weighted by atomic mass is 10.1. The Hall–Kier alpha value is -2.93. The first-order chi connectivity index (χ1) is 18.6. The van der Waals surface area contributed by atoms with E-state index in [1.54, 1.807) is 46.9 Å². The van der Waals surface area contributed by atoms with E-state index >= 15 is 0 Å². The van der Waals surface area contributed by atoms with E-state index in [0.29, 0.717) is 14.7 Å². The molecule has 2 aliphatic heterocycles. The van der Waals surface area contributed by atoms with Crippen molar-refractivity contribution in [2.75, 3.05) is 13.2 Å². The van der Waals surface area contributed by atoms with Gasteiger partial charge < -0.3 is 29.9 Å². The van der Waals surface area contributed by atoms with Crippen molar-refractivity contribution in [1.29, 1.82) is 0 Å². The van der Waals surface area contributed by atoms with Gasteiger partial charge in [0, 0.05) is 25.2 Å². The summed E-state index contributed by atoms with van der Waals surface area (Å²) in [6.45, 7) is -0.645. The van der Waals surface area contributed by atoms with Crippen molar-refractivity contribution >= 4 is 22.6 Å². The molecule has 0 saturated carbocycles. The number of hydrogen-bond acceptors (Lipinski definition) is 10. The van der Waals surface area contributed by atoms with Crippen LogP contribution in [0.15, 0.2) is 61.9 Å². The maximum atomic E-state index is 12.0. The quantitative estimate of drug-likeness (QED) is 0.177. The molecule has 0 bridgehead atoms. The predicted molar refractivity (Wildman–Crippen MR) is 144 cm³/mol. The molecule has 14 nitrogen and oxygen atoms in total. The molecule has 210 valence electrons. The van der Waals surface area contributed by atoms with Gasteiger partial charge in [0.2, 0.25) is 0 Å². The van der Waals surface area contributed by atoms with Crippen LogP contribution in [0, 0.1) is 3.57 Å². The molecule has 2 saturated heterocycles. The maximum absolute atomic E-state index is 12.0. The Morgan fingerprint density at radius 1 is 0.795 bits per heavy atom. The molecule has 15 heteroatoms. The van der Waals surface area contributed by atoms with Crippen LogP contribution in [0.3, 0.4) is 0 Å². The summed E-state index contributed by atoms with van der Waals surface area (Å²) in [6.07, 6.45) is -1.32. The molecule has 0 amide bonds. The Morgan fingerprint density at radius 3 is 1.77 bits per heavy atom. The number of rotatable bonds is 5. The Labute approximate surface area is 233 Å². The average Bonchev–Trinajstić information content (AvgIpc) is 3.48. The molecular weight excluding hydrogens is 631 g/mol. The molecule has 6 N–H and O–H groups in total. The van der Waals surface area contributed by atoms with Crippen molar-refractivity contribution in [2.45, 2.75) is 49.7 Å². The number of halogens is 1. The molecule has 2 aromatic heterocycles. The molecule has 2 unspecified atom stereocenters. The van der Waals surface area contributed by atoms with E-state index in [2.05, 4.69) is 9.97 Å². The van der Waals surface area contributed by atoms with Gasteiger partial charge in [0.1, 0.15) is 24.7 Å². The number of aliphatic hydroxyl groups is 4. The van der Waals surface area contributed by atoms with E-state index in [0.717, 1.165) is 0 Å². The number of ether oxygens (including phenoxy) is 2. The minimum Gasteiger partial charge on any atom is -0.394 e. The molecule has 4 heterocycles. The Balaban J connectivity index is 0.000000187. The van der Waals surface area contributed by atoms with Crippen molar-refractivity contribution in [3.63, 3.8) is 0 Å². The van der Waals surface area contributed by atoms with Crippen LogP contribution in [0.2, 0.25) is 0 Å². The summed E-state index contributed by atoms with van der Waals surface area (Å²) in [4.78, 5) is 51.1. The molecule has 3 aromatic rings. The minimum absolute atomic E-state index is 0.172. The first-order valence-corrected chi connectivity index (χ1v) is 13.0. The van der Waals surface area contributed by atoms with Gasteiger partial charge in [-0.05, 0) is 28.2 Å². The number of aromatic amines is 2. The Kier molecular flexibility index (Phi) is 9.31. The van der Waals surface area contributed by atoms with E-state index < -0.39 is 59.4 Å². The SMILES string of the molecule is O=c1[nH]c(=O)n([C@H]2CC(O)[C@@H](CO)O2)cc1-c1ccccc1.O=c1[nH]c(=O)n([C@H]2CC(O)[C@@H](CO)O2)cc1I. The molecule has 0 aliphatic carbocycles. The van der Waals surface area contributed by atoms with Crippen LogP contribution < -0.4 is 22.5 Å². The van der Waals surface area contributed by atoms with Crippen LogP contribution in [-0.2, 0) is 9.47 Å². The third-order valence-corrected chi connectivity index (χ3v) is 7.13. The zero-order valence-electron chi connectivity index (χ0n) is 20.3. The zero-order chi connectivity index (χ0) is 28.3. The van der Waals surface area contributed by atoms with E-state index in [1.165, 1.54) is 21.5 Å². The van der Waals surface area contributed by atoms with E-state index in [4.69, 9.17) is 19.7 Å². The van der Waals surface area contributed by atoms with Gasteiger partial charge >= 0.3 is 11.4 Å². The predicted octanol–water partition coefficient (Wildman–Crippen LogP) is -1.37. The lowest BCUT2D eigenvalue weighted by molar-refractivity contribution is -0.0459. The largest absolute Gasteiger partial charge is 0.394 e. The van der Waals surface area contributed by atoms with Gasteiger partial charge in [0.15, 0.2) is 0 Å². The van der Waals surface area contributed by atoms with Crippen molar-refractivity contribution < 1.29 is 29.9 Å². The molecule has 5 rings (SSSR count). The topological polar surface area (TPSA) is 209 Å². The summed E-state index contributed by atoms with van der Waals surface area (Å²) in [6, 6.07) is 8.94. The highest BCUT2D eigenvalue weighted by Crippen LogP contribution is 2.28. The van der Waals surface area contributed by atoms with Gasteiger partial charge in [0.25, 0.3) is 11.1 Å². The first kappa shape index (κ1) is 29.1. The number of benzene rings is 1. The van der Waals surface area contributed by atoms with Gasteiger partial charge in [-0.15, -0.1) is 0 Å². The van der Waals surface area contributed by atoms with Gasteiger partial charge in [-0.3, -0.25) is 28.7 Å². The highest BCUT2D eigenvalue weighted by molar-refractivity contribution is 14.1. The monoisotopic (exact) mass is 658 g/mol. The van der Waals surface area contributed by atoms with Crippen LogP contribution in [0.5, 0.6) is 0 Å².